The van der Waals surface area contributed by atoms with Crippen molar-refractivity contribution in [3.05, 3.63) is 83.9 Å². The summed E-state index contributed by atoms with van der Waals surface area (Å²) in [5.41, 5.74) is 9.97. The Morgan fingerprint density at radius 1 is 0.722 bits per heavy atom. The number of benzene rings is 3. The number of nitrogens with zero attached hydrogens (tertiary/aromatic N) is 3. The molecule has 0 spiro atoms. The Kier molecular flexibility index (Phi) is 10.7. The number of amides is 2. The first-order chi connectivity index (χ1) is 17.4. The molecule has 0 aromatic heterocycles. The molecular weight excluding hydrogens is 492 g/mol. The summed E-state index contributed by atoms with van der Waals surface area (Å²) >= 11 is 0. The standard InChI is InChI=1S/C26H30N6O2S2/c1-32(2)24-13-11-23(12-14-24)31-30-22-9-5-20(6-10-22)26(34)29-16-18-36-35-17-15-28-25(33)19-3-7-21(27)8-4-19/h3-14H,15-18,27H2,1-2H3,(H,28,33)(H,29,34). The second-order valence-corrected chi connectivity index (χ2v) is 10.6. The maximum atomic E-state index is 12.3. The Hall–Kier alpha value is -3.50. The van der Waals surface area contributed by atoms with Crippen molar-refractivity contribution < 1.29 is 9.59 Å². The van der Waals surface area contributed by atoms with Gasteiger partial charge in [0.05, 0.1) is 11.4 Å². The number of rotatable bonds is 12. The minimum Gasteiger partial charge on any atom is -0.399 e. The van der Waals surface area contributed by atoms with Crippen LogP contribution in [0.15, 0.2) is 83.0 Å². The molecule has 0 heterocycles. The molecule has 0 radical (unpaired) electrons. The van der Waals surface area contributed by atoms with Crippen LogP contribution in [-0.4, -0.2) is 50.5 Å². The number of nitrogens with one attached hydrogen (secondary N) is 2. The number of nitrogen functional groups attached to an aromatic ring is 1. The van der Waals surface area contributed by atoms with Crippen molar-refractivity contribution in [3.8, 4) is 0 Å². The molecule has 0 atom stereocenters. The van der Waals surface area contributed by atoms with Crippen molar-refractivity contribution in [2.75, 3.05) is 49.3 Å². The van der Waals surface area contributed by atoms with E-state index in [2.05, 4.69) is 20.9 Å². The number of azo groups is 1. The van der Waals surface area contributed by atoms with Crippen molar-refractivity contribution in [1.82, 2.24) is 10.6 Å². The average molecular weight is 523 g/mol. The molecule has 0 saturated heterocycles. The second kappa shape index (κ2) is 14.2. The number of hydrogen-bond acceptors (Lipinski definition) is 8. The topological polar surface area (TPSA) is 112 Å². The summed E-state index contributed by atoms with van der Waals surface area (Å²) < 4.78 is 0. The molecule has 36 heavy (non-hydrogen) atoms. The molecule has 4 N–H and O–H groups in total. The van der Waals surface area contributed by atoms with Gasteiger partial charge in [0.1, 0.15) is 0 Å². The largest absolute Gasteiger partial charge is 0.399 e. The fourth-order valence-corrected chi connectivity index (χ4v) is 4.79. The average Bonchev–Trinajstić information content (AvgIpc) is 2.89. The van der Waals surface area contributed by atoms with E-state index in [4.69, 9.17) is 5.73 Å². The van der Waals surface area contributed by atoms with E-state index in [-0.39, 0.29) is 11.8 Å². The molecule has 0 fully saturated rings. The number of carbonyl (C=O) groups excluding carboxylic acids is 2. The second-order valence-electron chi connectivity index (χ2n) is 7.94. The molecule has 2 amide bonds. The molecule has 8 nitrogen and oxygen atoms in total. The molecule has 3 rings (SSSR count). The summed E-state index contributed by atoms with van der Waals surface area (Å²) in [5, 5.41) is 14.3. The Bertz CT molecular complexity index is 1150. The first-order valence-electron chi connectivity index (χ1n) is 11.4. The Labute approximate surface area is 219 Å². The third-order valence-corrected chi connectivity index (χ3v) is 7.38. The van der Waals surface area contributed by atoms with Gasteiger partial charge in [0.2, 0.25) is 0 Å². The van der Waals surface area contributed by atoms with Gasteiger partial charge in [-0.05, 0) is 72.8 Å². The zero-order valence-electron chi connectivity index (χ0n) is 20.3. The van der Waals surface area contributed by atoms with Crippen molar-refractivity contribution in [1.29, 1.82) is 0 Å². The zero-order valence-corrected chi connectivity index (χ0v) is 21.9. The highest BCUT2D eigenvalue weighted by atomic mass is 33.1. The lowest BCUT2D eigenvalue weighted by Crippen LogP contribution is -2.26. The third-order valence-electron chi connectivity index (χ3n) is 4.97. The summed E-state index contributed by atoms with van der Waals surface area (Å²) in [5.74, 6) is 1.30. The highest BCUT2D eigenvalue weighted by Gasteiger charge is 2.06. The van der Waals surface area contributed by atoms with Gasteiger partial charge in [0.25, 0.3) is 11.8 Å². The van der Waals surface area contributed by atoms with Crippen LogP contribution < -0.4 is 21.3 Å². The van der Waals surface area contributed by atoms with Crippen LogP contribution in [0.1, 0.15) is 20.7 Å². The summed E-state index contributed by atoms with van der Waals surface area (Å²) in [6, 6.07) is 21.7. The fourth-order valence-electron chi connectivity index (χ4n) is 2.98. The summed E-state index contributed by atoms with van der Waals surface area (Å²) in [7, 11) is 7.28. The maximum Gasteiger partial charge on any atom is 0.251 e. The minimum atomic E-state index is -0.126. The molecule has 0 aliphatic heterocycles. The molecule has 10 heteroatoms. The van der Waals surface area contributed by atoms with Crippen LogP contribution in [0.3, 0.4) is 0 Å². The Morgan fingerprint density at radius 3 is 1.58 bits per heavy atom. The molecular formula is C26H30N6O2S2. The van der Waals surface area contributed by atoms with Gasteiger partial charge >= 0.3 is 0 Å². The van der Waals surface area contributed by atoms with Gasteiger partial charge < -0.3 is 21.3 Å². The maximum absolute atomic E-state index is 12.3. The molecule has 0 bridgehead atoms. The van der Waals surface area contributed by atoms with Crippen molar-refractivity contribution in [3.63, 3.8) is 0 Å². The van der Waals surface area contributed by atoms with Crippen LogP contribution in [-0.2, 0) is 0 Å². The zero-order chi connectivity index (χ0) is 25.8. The summed E-state index contributed by atoms with van der Waals surface area (Å²) in [6.07, 6.45) is 0. The molecule has 0 saturated carbocycles. The highest BCUT2D eigenvalue weighted by molar-refractivity contribution is 8.76. The number of anilines is 2. The van der Waals surface area contributed by atoms with E-state index in [1.165, 1.54) is 0 Å². The third kappa shape index (κ3) is 8.94. The van der Waals surface area contributed by atoms with Gasteiger partial charge in [-0.2, -0.15) is 10.2 Å². The first-order valence-corrected chi connectivity index (χ1v) is 13.9. The van der Waals surface area contributed by atoms with Gasteiger partial charge in [0, 0.05) is 61.2 Å². The van der Waals surface area contributed by atoms with Gasteiger partial charge in [-0.1, -0.05) is 21.6 Å². The van der Waals surface area contributed by atoms with Gasteiger partial charge in [-0.25, -0.2) is 0 Å². The highest BCUT2D eigenvalue weighted by Crippen LogP contribution is 2.22. The quantitative estimate of drug-likeness (QED) is 0.129. The van der Waals surface area contributed by atoms with E-state index in [1.54, 1.807) is 70.1 Å². The van der Waals surface area contributed by atoms with Crippen LogP contribution in [0, 0.1) is 0 Å². The first kappa shape index (κ1) is 27.1. The van der Waals surface area contributed by atoms with E-state index in [0.29, 0.717) is 35.6 Å². The molecule has 0 aliphatic rings. The number of hydrogen-bond donors (Lipinski definition) is 3. The normalized spacial score (nSPS) is 10.8. The molecule has 188 valence electrons. The van der Waals surface area contributed by atoms with Crippen molar-refractivity contribution in [2.24, 2.45) is 10.2 Å². The van der Waals surface area contributed by atoms with Gasteiger partial charge in [-0.3, -0.25) is 9.59 Å². The molecule has 0 aliphatic carbocycles. The monoisotopic (exact) mass is 522 g/mol. The summed E-state index contributed by atoms with van der Waals surface area (Å²) in [6.45, 7) is 1.12. The smallest absolute Gasteiger partial charge is 0.251 e. The SMILES string of the molecule is CN(C)c1ccc(N=Nc2ccc(C(=O)NCCSSCCNC(=O)c3ccc(N)cc3)cc2)cc1. The van der Waals surface area contributed by atoms with Crippen LogP contribution in [0.4, 0.5) is 22.7 Å². The summed E-state index contributed by atoms with van der Waals surface area (Å²) in [4.78, 5) is 26.4. The van der Waals surface area contributed by atoms with E-state index in [1.807, 2.05) is 43.3 Å². The lowest BCUT2D eigenvalue weighted by Gasteiger charge is -2.11. The minimum absolute atomic E-state index is 0.112. The molecule has 3 aromatic carbocycles. The van der Waals surface area contributed by atoms with E-state index < -0.39 is 0 Å². The van der Waals surface area contributed by atoms with Crippen LogP contribution in [0.5, 0.6) is 0 Å². The van der Waals surface area contributed by atoms with Crippen LogP contribution in [0.25, 0.3) is 0 Å². The fraction of sp³-hybridized carbons (Fsp3) is 0.231. The Balaban J connectivity index is 1.29. The van der Waals surface area contributed by atoms with Crippen molar-refractivity contribution >= 4 is 56.2 Å². The predicted molar refractivity (Wildman–Crippen MR) is 152 cm³/mol. The predicted octanol–water partition coefficient (Wildman–Crippen LogP) is 5.29. The Morgan fingerprint density at radius 2 is 1.14 bits per heavy atom. The van der Waals surface area contributed by atoms with Crippen molar-refractivity contribution in [2.45, 2.75) is 0 Å². The van der Waals surface area contributed by atoms with Crippen LogP contribution >= 0.6 is 21.6 Å². The van der Waals surface area contributed by atoms with Gasteiger partial charge in [0.15, 0.2) is 0 Å². The van der Waals surface area contributed by atoms with E-state index >= 15 is 0 Å². The molecule has 3 aromatic rings. The molecule has 0 unspecified atom stereocenters. The van der Waals surface area contributed by atoms with E-state index in [0.717, 1.165) is 22.9 Å². The number of carbonyl (C=O) groups is 2. The van der Waals surface area contributed by atoms with E-state index in [9.17, 15) is 9.59 Å². The van der Waals surface area contributed by atoms with Gasteiger partial charge in [-0.15, -0.1) is 0 Å². The lowest BCUT2D eigenvalue weighted by molar-refractivity contribution is 0.0948. The van der Waals surface area contributed by atoms with Crippen LogP contribution in [0.2, 0.25) is 0 Å². The lowest BCUT2D eigenvalue weighted by atomic mass is 10.2. The number of nitrogens with two attached hydrogens (primary N) is 1.